The van der Waals surface area contributed by atoms with Crippen LogP contribution in [0.3, 0.4) is 0 Å². The Balaban J connectivity index is 1.91. The Morgan fingerprint density at radius 1 is 1.50 bits per heavy atom. The van der Waals surface area contributed by atoms with E-state index >= 15 is 0 Å². The first-order valence-electron chi connectivity index (χ1n) is 6.24. The molecule has 0 atom stereocenters. The van der Waals surface area contributed by atoms with Crippen LogP contribution in [0.15, 0.2) is 24.5 Å². The van der Waals surface area contributed by atoms with Gasteiger partial charge in [-0.15, -0.1) is 0 Å². The molecule has 1 amide bonds. The van der Waals surface area contributed by atoms with Gasteiger partial charge >= 0.3 is 0 Å². The molecule has 0 N–H and O–H groups in total. The predicted octanol–water partition coefficient (Wildman–Crippen LogP) is 1.78. The third-order valence-corrected chi connectivity index (χ3v) is 3.66. The summed E-state index contributed by atoms with van der Waals surface area (Å²) < 4.78 is 0. The van der Waals surface area contributed by atoms with Gasteiger partial charge in [0.25, 0.3) is 0 Å². The average Bonchev–Trinajstić information content (AvgIpc) is 2.36. The van der Waals surface area contributed by atoms with Crippen molar-refractivity contribution < 1.29 is 4.79 Å². The van der Waals surface area contributed by atoms with Crippen LogP contribution in [-0.4, -0.2) is 29.4 Å². The number of rotatable bonds is 4. The summed E-state index contributed by atoms with van der Waals surface area (Å²) >= 11 is 0. The second-order valence-electron chi connectivity index (χ2n) is 4.88. The van der Waals surface area contributed by atoms with Gasteiger partial charge < -0.3 is 4.90 Å². The minimum Gasteiger partial charge on any atom is -0.344 e. The molecule has 0 unspecified atom stereocenters. The van der Waals surface area contributed by atoms with E-state index in [0.717, 1.165) is 18.4 Å². The number of hydrogen-bond acceptors (Lipinski definition) is 3. The Morgan fingerprint density at radius 3 is 2.67 bits per heavy atom. The number of nitriles is 1. The second-order valence-corrected chi connectivity index (χ2v) is 4.88. The summed E-state index contributed by atoms with van der Waals surface area (Å²) in [5.74, 6) is -0.0229. The largest absolute Gasteiger partial charge is 0.344 e. The summed E-state index contributed by atoms with van der Waals surface area (Å²) in [7, 11) is 1.78. The van der Waals surface area contributed by atoms with E-state index in [0.29, 0.717) is 19.4 Å². The molecular formula is C14H17N3O. The zero-order valence-electron chi connectivity index (χ0n) is 10.6. The molecule has 0 aliphatic heterocycles. The summed E-state index contributed by atoms with van der Waals surface area (Å²) in [4.78, 5) is 17.8. The molecule has 4 nitrogen and oxygen atoms in total. The van der Waals surface area contributed by atoms with Gasteiger partial charge in [0.1, 0.15) is 5.41 Å². The summed E-state index contributed by atoms with van der Waals surface area (Å²) in [5.41, 5.74) is 0.428. The van der Waals surface area contributed by atoms with Crippen molar-refractivity contribution in [3.8, 4) is 6.07 Å². The van der Waals surface area contributed by atoms with Crippen LogP contribution in [0.25, 0.3) is 0 Å². The highest BCUT2D eigenvalue weighted by atomic mass is 16.2. The van der Waals surface area contributed by atoms with E-state index in [-0.39, 0.29) is 5.91 Å². The predicted molar refractivity (Wildman–Crippen MR) is 67.5 cm³/mol. The molecule has 4 heteroatoms. The quantitative estimate of drug-likeness (QED) is 0.810. The van der Waals surface area contributed by atoms with Gasteiger partial charge in [-0.05, 0) is 43.4 Å². The van der Waals surface area contributed by atoms with E-state index in [1.165, 1.54) is 0 Å². The molecule has 0 bridgehead atoms. The molecule has 1 saturated carbocycles. The van der Waals surface area contributed by atoms with Gasteiger partial charge in [-0.2, -0.15) is 5.26 Å². The van der Waals surface area contributed by atoms with E-state index in [4.69, 9.17) is 5.26 Å². The number of likely N-dealkylation sites (N-methyl/N-ethyl adjacent to an activating group) is 1. The van der Waals surface area contributed by atoms with Crippen molar-refractivity contribution in [3.63, 3.8) is 0 Å². The molecule has 2 rings (SSSR count). The third kappa shape index (κ3) is 2.35. The van der Waals surface area contributed by atoms with E-state index in [1.54, 1.807) is 24.3 Å². The SMILES string of the molecule is CN(CCc1ccncc1)C(=O)C1(C#N)CCC1. The monoisotopic (exact) mass is 243 g/mol. The van der Waals surface area contributed by atoms with Crippen LogP contribution in [0.4, 0.5) is 0 Å². The number of aromatic nitrogens is 1. The smallest absolute Gasteiger partial charge is 0.242 e. The standard InChI is InChI=1S/C14H17N3O/c1-17(10-5-12-3-8-16-9-4-12)13(18)14(11-15)6-2-7-14/h3-4,8-9H,2,5-7,10H2,1H3. The Bertz CT molecular complexity index is 460. The van der Waals surface area contributed by atoms with Gasteiger partial charge in [-0.3, -0.25) is 9.78 Å². The zero-order chi connectivity index (χ0) is 13.0. The van der Waals surface area contributed by atoms with E-state index in [2.05, 4.69) is 11.1 Å². The highest BCUT2D eigenvalue weighted by Crippen LogP contribution is 2.41. The Kier molecular flexibility index (Phi) is 3.61. The fourth-order valence-electron chi connectivity index (χ4n) is 2.22. The van der Waals surface area contributed by atoms with Crippen molar-refractivity contribution in [1.82, 2.24) is 9.88 Å². The number of pyridine rings is 1. The lowest BCUT2D eigenvalue weighted by Crippen LogP contribution is -2.46. The fourth-order valence-corrected chi connectivity index (χ4v) is 2.22. The van der Waals surface area contributed by atoms with E-state index < -0.39 is 5.41 Å². The molecule has 94 valence electrons. The number of carbonyl (C=O) groups excluding carboxylic acids is 1. The molecule has 1 aliphatic rings. The van der Waals surface area contributed by atoms with Gasteiger partial charge in [0, 0.05) is 26.0 Å². The van der Waals surface area contributed by atoms with Crippen molar-refractivity contribution in [1.29, 1.82) is 5.26 Å². The van der Waals surface area contributed by atoms with E-state index in [1.807, 2.05) is 12.1 Å². The fraction of sp³-hybridized carbons (Fsp3) is 0.500. The summed E-state index contributed by atoms with van der Waals surface area (Å²) in [6.45, 7) is 0.645. The molecule has 1 fully saturated rings. The molecule has 1 heterocycles. The molecule has 1 aromatic heterocycles. The van der Waals surface area contributed by atoms with Crippen LogP contribution in [-0.2, 0) is 11.2 Å². The van der Waals surface area contributed by atoms with Crippen LogP contribution in [0.5, 0.6) is 0 Å². The van der Waals surface area contributed by atoms with Gasteiger partial charge in [-0.25, -0.2) is 0 Å². The number of nitrogens with zero attached hydrogens (tertiary/aromatic N) is 3. The molecule has 1 aromatic rings. The van der Waals surface area contributed by atoms with Gasteiger partial charge in [0.2, 0.25) is 5.91 Å². The summed E-state index contributed by atoms with van der Waals surface area (Å²) in [6.07, 6.45) is 6.70. The molecule has 0 radical (unpaired) electrons. The highest BCUT2D eigenvalue weighted by molar-refractivity contribution is 5.86. The van der Waals surface area contributed by atoms with Gasteiger partial charge in [0.15, 0.2) is 0 Å². The minimum absolute atomic E-state index is 0.0229. The molecule has 0 spiro atoms. The van der Waals surface area contributed by atoms with Crippen LogP contribution < -0.4 is 0 Å². The van der Waals surface area contributed by atoms with Crippen molar-refractivity contribution >= 4 is 5.91 Å². The van der Waals surface area contributed by atoms with Crippen LogP contribution in [0.2, 0.25) is 0 Å². The third-order valence-electron chi connectivity index (χ3n) is 3.66. The van der Waals surface area contributed by atoms with Crippen LogP contribution in [0, 0.1) is 16.7 Å². The first-order chi connectivity index (χ1) is 8.68. The van der Waals surface area contributed by atoms with E-state index in [9.17, 15) is 4.79 Å². The Morgan fingerprint density at radius 2 is 2.17 bits per heavy atom. The zero-order valence-corrected chi connectivity index (χ0v) is 10.6. The Labute approximate surface area is 107 Å². The molecular weight excluding hydrogens is 226 g/mol. The summed E-state index contributed by atoms with van der Waals surface area (Å²) in [6, 6.07) is 6.08. The summed E-state index contributed by atoms with van der Waals surface area (Å²) in [5, 5.41) is 9.14. The highest BCUT2D eigenvalue weighted by Gasteiger charge is 2.45. The lowest BCUT2D eigenvalue weighted by molar-refractivity contribution is -0.141. The van der Waals surface area contributed by atoms with Crippen LogP contribution in [0.1, 0.15) is 24.8 Å². The number of carbonyl (C=O) groups is 1. The number of amides is 1. The van der Waals surface area contributed by atoms with Crippen molar-refractivity contribution in [3.05, 3.63) is 30.1 Å². The van der Waals surface area contributed by atoms with Crippen LogP contribution >= 0.6 is 0 Å². The molecule has 18 heavy (non-hydrogen) atoms. The first kappa shape index (κ1) is 12.6. The maximum atomic E-state index is 12.2. The number of hydrogen-bond donors (Lipinski definition) is 0. The minimum atomic E-state index is -0.729. The maximum absolute atomic E-state index is 12.2. The molecule has 0 aromatic carbocycles. The lowest BCUT2D eigenvalue weighted by Gasteiger charge is -2.36. The lowest BCUT2D eigenvalue weighted by atomic mass is 9.69. The molecule has 0 saturated heterocycles. The Hall–Kier alpha value is -1.89. The second kappa shape index (κ2) is 5.18. The molecule has 1 aliphatic carbocycles. The van der Waals surface area contributed by atoms with Gasteiger partial charge in [-0.1, -0.05) is 0 Å². The van der Waals surface area contributed by atoms with Crippen molar-refractivity contribution in [2.45, 2.75) is 25.7 Å². The first-order valence-corrected chi connectivity index (χ1v) is 6.24. The maximum Gasteiger partial charge on any atom is 0.242 e. The van der Waals surface area contributed by atoms with Gasteiger partial charge in [0.05, 0.1) is 6.07 Å². The average molecular weight is 243 g/mol. The topological polar surface area (TPSA) is 57.0 Å². The normalized spacial score (nSPS) is 16.4. The van der Waals surface area contributed by atoms with Crippen molar-refractivity contribution in [2.24, 2.45) is 5.41 Å². The van der Waals surface area contributed by atoms with Crippen molar-refractivity contribution in [2.75, 3.05) is 13.6 Å².